The topological polar surface area (TPSA) is 173 Å². The molecule has 0 fully saturated rings. The molecule has 0 radical (unpaired) electrons. The van der Waals surface area contributed by atoms with Gasteiger partial charge in [0.1, 0.15) is 4.88 Å². The Labute approximate surface area is 205 Å². The van der Waals surface area contributed by atoms with Crippen LogP contribution in [0.2, 0.25) is 0 Å². The first kappa shape index (κ1) is 26.3. The molecule has 0 saturated heterocycles. The number of aliphatic imine (C=N–C) groups is 1. The molecule has 0 aliphatic rings. The Morgan fingerprint density at radius 3 is 2.44 bits per heavy atom. The molecule has 1 aromatic heterocycles. The zero-order chi connectivity index (χ0) is 24.0. The van der Waals surface area contributed by atoms with Gasteiger partial charge in [0, 0.05) is 11.3 Å². The summed E-state index contributed by atoms with van der Waals surface area (Å²) < 4.78 is 0. The summed E-state index contributed by atoms with van der Waals surface area (Å²) in [5.41, 5.74) is 12.5. The van der Waals surface area contributed by atoms with E-state index in [9.17, 15) is 19.5 Å². The second kappa shape index (κ2) is 11.8. The number of carboxylic acid groups (broad SMARTS) is 1. The number of carbonyl (C=O) groups excluding carboxylic acids is 2. The predicted octanol–water partition coefficient (Wildman–Crippen LogP) is 2.98. The Morgan fingerprint density at radius 1 is 1.09 bits per heavy atom. The molecule has 0 aliphatic heterocycles. The van der Waals surface area contributed by atoms with Crippen LogP contribution in [-0.2, 0) is 4.79 Å². The minimum absolute atomic E-state index is 0. The van der Waals surface area contributed by atoms with E-state index >= 15 is 0 Å². The molecule has 7 N–H and O–H groups in total. The molecule has 3 aromatic rings. The number of aliphatic carboxylic acids is 1. The highest BCUT2D eigenvalue weighted by Crippen LogP contribution is 2.26. The maximum Gasteiger partial charge on any atom is 0.305 e. The molecule has 3 rings (SSSR count). The van der Waals surface area contributed by atoms with Gasteiger partial charge in [0.2, 0.25) is 5.13 Å². The van der Waals surface area contributed by atoms with Gasteiger partial charge in [-0.1, -0.05) is 47.7 Å². The highest BCUT2D eigenvalue weighted by molar-refractivity contribution is 7.17. The molecule has 1 heterocycles. The summed E-state index contributed by atoms with van der Waals surface area (Å²) in [6, 6.07) is 14.5. The van der Waals surface area contributed by atoms with E-state index in [0.29, 0.717) is 21.8 Å². The number of carbonyl (C=O) groups is 3. The summed E-state index contributed by atoms with van der Waals surface area (Å²) in [4.78, 5) is 45.1. The number of halogens is 1. The van der Waals surface area contributed by atoms with Gasteiger partial charge in [-0.2, -0.15) is 4.99 Å². The minimum atomic E-state index is -1.04. The lowest BCUT2D eigenvalue weighted by Gasteiger charge is -2.18. The van der Waals surface area contributed by atoms with Crippen molar-refractivity contribution < 1.29 is 19.5 Å². The molecule has 0 bridgehead atoms. The molecular weight excluding hydrogens is 480 g/mol. The van der Waals surface area contributed by atoms with Crippen molar-refractivity contribution in [1.82, 2.24) is 10.3 Å². The monoisotopic (exact) mass is 502 g/mol. The van der Waals surface area contributed by atoms with Crippen molar-refractivity contribution in [3.05, 3.63) is 76.3 Å². The molecule has 0 saturated carbocycles. The van der Waals surface area contributed by atoms with Crippen LogP contribution < -0.4 is 22.1 Å². The third kappa shape index (κ3) is 7.02. The Balaban J connectivity index is 0.00000408. The summed E-state index contributed by atoms with van der Waals surface area (Å²) in [5, 5.41) is 15.0. The number of nitrogens with two attached hydrogens (primary N) is 2. The van der Waals surface area contributed by atoms with Gasteiger partial charge in [-0.15, -0.1) is 12.4 Å². The number of aryl methyl sites for hydroxylation is 1. The molecule has 0 spiro atoms. The van der Waals surface area contributed by atoms with Crippen molar-refractivity contribution >= 4 is 58.3 Å². The van der Waals surface area contributed by atoms with Crippen molar-refractivity contribution in [1.29, 1.82) is 0 Å². The van der Waals surface area contributed by atoms with Crippen LogP contribution in [0.4, 0.5) is 10.8 Å². The molecule has 0 aliphatic carbocycles. The summed E-state index contributed by atoms with van der Waals surface area (Å²) in [6.45, 7) is 1.66. The number of amides is 2. The molecule has 34 heavy (non-hydrogen) atoms. The highest BCUT2D eigenvalue weighted by atomic mass is 35.5. The number of hydrogen-bond acceptors (Lipinski definition) is 6. The van der Waals surface area contributed by atoms with Crippen LogP contribution in [0.15, 0.2) is 59.6 Å². The fraction of sp³-hybridized carbons (Fsp3) is 0.136. The van der Waals surface area contributed by atoms with Crippen LogP contribution in [-0.4, -0.2) is 33.8 Å². The average molecular weight is 503 g/mol. The largest absolute Gasteiger partial charge is 0.481 e. The van der Waals surface area contributed by atoms with Gasteiger partial charge in [-0.3, -0.25) is 14.4 Å². The van der Waals surface area contributed by atoms with E-state index in [1.807, 2.05) is 0 Å². The van der Waals surface area contributed by atoms with Gasteiger partial charge >= 0.3 is 5.97 Å². The highest BCUT2D eigenvalue weighted by Gasteiger charge is 2.20. The molecular formula is C22H23ClN6O4S. The number of aromatic nitrogens is 1. The first-order chi connectivity index (χ1) is 15.7. The Morgan fingerprint density at radius 2 is 1.79 bits per heavy atom. The van der Waals surface area contributed by atoms with E-state index in [2.05, 4.69) is 20.6 Å². The number of nitrogens with zero attached hydrogens (tertiary/aromatic N) is 2. The molecule has 1 unspecified atom stereocenters. The van der Waals surface area contributed by atoms with Crippen LogP contribution in [0.3, 0.4) is 0 Å². The van der Waals surface area contributed by atoms with E-state index in [1.165, 1.54) is 6.07 Å². The molecule has 2 amide bonds. The van der Waals surface area contributed by atoms with Crippen molar-refractivity contribution in [3.63, 3.8) is 0 Å². The summed E-state index contributed by atoms with van der Waals surface area (Å²) >= 11 is 1.03. The number of rotatable bonds is 8. The Bertz CT molecular complexity index is 1210. The van der Waals surface area contributed by atoms with E-state index in [-0.39, 0.29) is 35.5 Å². The van der Waals surface area contributed by atoms with Crippen LogP contribution in [0.1, 0.15) is 43.7 Å². The third-order valence-electron chi connectivity index (χ3n) is 4.48. The zero-order valence-corrected chi connectivity index (χ0v) is 19.7. The van der Waals surface area contributed by atoms with E-state index < -0.39 is 23.8 Å². The number of anilines is 1. The van der Waals surface area contributed by atoms with Crippen molar-refractivity contribution in [2.45, 2.75) is 19.4 Å². The molecule has 10 nitrogen and oxygen atoms in total. The van der Waals surface area contributed by atoms with Crippen LogP contribution in [0.25, 0.3) is 0 Å². The third-order valence-corrected chi connectivity index (χ3v) is 5.53. The van der Waals surface area contributed by atoms with Gasteiger partial charge in [0.25, 0.3) is 11.8 Å². The molecule has 178 valence electrons. The van der Waals surface area contributed by atoms with E-state index in [1.54, 1.807) is 55.5 Å². The summed E-state index contributed by atoms with van der Waals surface area (Å²) in [5.74, 6) is -2.09. The lowest BCUT2D eigenvalue weighted by molar-refractivity contribution is -0.137. The quantitative estimate of drug-likeness (QED) is 0.232. The molecule has 2 aromatic carbocycles. The Hall–Kier alpha value is -3.96. The number of carboxylic acids is 1. The zero-order valence-electron chi connectivity index (χ0n) is 18.0. The number of nitrogens with one attached hydrogen (secondary N) is 2. The van der Waals surface area contributed by atoms with Gasteiger partial charge in [-0.25, -0.2) is 4.98 Å². The van der Waals surface area contributed by atoms with E-state index in [0.717, 1.165) is 11.3 Å². The van der Waals surface area contributed by atoms with Gasteiger partial charge in [-0.05, 0) is 30.7 Å². The summed E-state index contributed by atoms with van der Waals surface area (Å²) in [6.07, 6.45) is -0.269. The number of guanidine groups is 1. The maximum absolute atomic E-state index is 12.8. The SMILES string of the molecule is Cc1nc(N=C(N)N)sc1C(=O)Nc1cccc(C(=O)NC(CC(=O)O)c2ccccc2)c1.Cl. The number of hydrogen-bond donors (Lipinski definition) is 5. The van der Waals surface area contributed by atoms with Crippen LogP contribution >= 0.6 is 23.7 Å². The minimum Gasteiger partial charge on any atom is -0.481 e. The fourth-order valence-electron chi connectivity index (χ4n) is 3.03. The van der Waals surface area contributed by atoms with E-state index in [4.69, 9.17) is 11.5 Å². The van der Waals surface area contributed by atoms with Gasteiger partial charge in [0.15, 0.2) is 5.96 Å². The second-order valence-electron chi connectivity index (χ2n) is 7.02. The molecule has 1 atom stereocenters. The average Bonchev–Trinajstić information content (AvgIpc) is 3.13. The van der Waals surface area contributed by atoms with Crippen molar-refractivity contribution in [2.24, 2.45) is 16.5 Å². The van der Waals surface area contributed by atoms with Crippen LogP contribution in [0.5, 0.6) is 0 Å². The number of benzene rings is 2. The number of thiazole rings is 1. The lowest BCUT2D eigenvalue weighted by Crippen LogP contribution is -2.30. The lowest BCUT2D eigenvalue weighted by atomic mass is 10.0. The van der Waals surface area contributed by atoms with Gasteiger partial charge < -0.3 is 27.2 Å². The standard InChI is InChI=1S/C22H22N6O4S.ClH/c1-12-18(33-22(25-12)28-21(23)24)20(32)26-15-9-5-8-14(10-15)19(31)27-16(11-17(29)30)13-6-3-2-4-7-13;/h2-10,16H,11H2,1H3,(H,26,32)(H,27,31)(H,29,30)(H4,23,24,25,28);1H. The maximum atomic E-state index is 12.8. The van der Waals surface area contributed by atoms with Gasteiger partial charge in [0.05, 0.1) is 18.2 Å². The second-order valence-corrected chi connectivity index (χ2v) is 7.99. The predicted molar refractivity (Wildman–Crippen MR) is 133 cm³/mol. The first-order valence-electron chi connectivity index (χ1n) is 9.79. The van der Waals surface area contributed by atoms with Crippen molar-refractivity contribution in [3.8, 4) is 0 Å². The van der Waals surface area contributed by atoms with Crippen molar-refractivity contribution in [2.75, 3.05) is 5.32 Å². The smallest absolute Gasteiger partial charge is 0.305 e. The molecule has 12 heteroatoms. The van der Waals surface area contributed by atoms with Crippen LogP contribution in [0, 0.1) is 6.92 Å². The first-order valence-corrected chi connectivity index (χ1v) is 10.6. The fourth-order valence-corrected chi connectivity index (χ4v) is 3.88. The summed E-state index contributed by atoms with van der Waals surface area (Å²) in [7, 11) is 0. The normalized spacial score (nSPS) is 11.0. The Kier molecular flexibility index (Phi) is 9.10.